The van der Waals surface area contributed by atoms with E-state index >= 15 is 0 Å². The van der Waals surface area contributed by atoms with Gasteiger partial charge in [0.05, 0.1) is 6.04 Å². The van der Waals surface area contributed by atoms with Crippen molar-refractivity contribution in [2.24, 2.45) is 5.92 Å². The van der Waals surface area contributed by atoms with E-state index in [2.05, 4.69) is 53.4 Å². The zero-order valence-corrected chi connectivity index (χ0v) is 13.6. The van der Waals surface area contributed by atoms with Crippen LogP contribution in [0.25, 0.3) is 0 Å². The lowest BCUT2D eigenvalue weighted by Crippen LogP contribution is -2.38. The van der Waals surface area contributed by atoms with Crippen LogP contribution in [-0.2, 0) is 17.9 Å². The second-order valence-electron chi connectivity index (χ2n) is 6.61. The lowest BCUT2D eigenvalue weighted by Gasteiger charge is -2.34. The Bertz CT molecular complexity index is 550. The summed E-state index contributed by atoms with van der Waals surface area (Å²) in [4.78, 5) is 14.1. The Morgan fingerprint density at radius 1 is 0.913 bits per heavy atom. The molecule has 0 spiro atoms. The third kappa shape index (κ3) is 4.52. The molecule has 1 aliphatic carbocycles. The third-order valence-corrected chi connectivity index (χ3v) is 4.88. The Balaban J connectivity index is 1.74. The van der Waals surface area contributed by atoms with Crippen molar-refractivity contribution >= 4 is 6.29 Å². The van der Waals surface area contributed by atoms with E-state index in [1.807, 2.05) is 12.1 Å². The highest BCUT2D eigenvalue weighted by atomic mass is 16.1. The van der Waals surface area contributed by atoms with E-state index in [-0.39, 0.29) is 6.04 Å². The summed E-state index contributed by atoms with van der Waals surface area (Å²) >= 11 is 0. The Hall–Kier alpha value is -1.93. The molecule has 0 saturated heterocycles. The molecule has 0 bridgehead atoms. The minimum absolute atomic E-state index is 0.0145. The number of benzene rings is 2. The SMILES string of the molecule is O=CC(CC1CCC1)N(Cc1ccccc1)Cc1ccccc1. The summed E-state index contributed by atoms with van der Waals surface area (Å²) in [5.74, 6) is 0.735. The monoisotopic (exact) mass is 307 g/mol. The van der Waals surface area contributed by atoms with Crippen molar-refractivity contribution in [3.63, 3.8) is 0 Å². The first-order valence-corrected chi connectivity index (χ1v) is 8.62. The van der Waals surface area contributed by atoms with Crippen LogP contribution in [0.5, 0.6) is 0 Å². The summed E-state index contributed by atoms with van der Waals surface area (Å²) in [6.07, 6.45) is 6.06. The average molecular weight is 307 g/mol. The van der Waals surface area contributed by atoms with Gasteiger partial charge in [-0.05, 0) is 23.5 Å². The second-order valence-corrected chi connectivity index (χ2v) is 6.61. The molecule has 0 amide bonds. The van der Waals surface area contributed by atoms with E-state index in [0.29, 0.717) is 0 Å². The van der Waals surface area contributed by atoms with Crippen LogP contribution in [-0.4, -0.2) is 17.2 Å². The normalized spacial score (nSPS) is 16.0. The minimum atomic E-state index is 0.0145. The summed E-state index contributed by atoms with van der Waals surface area (Å²) in [6.45, 7) is 1.65. The smallest absolute Gasteiger partial charge is 0.137 e. The van der Waals surface area contributed by atoms with Crippen LogP contribution in [0.2, 0.25) is 0 Å². The Morgan fingerprint density at radius 3 is 1.83 bits per heavy atom. The predicted molar refractivity (Wildman–Crippen MR) is 93.9 cm³/mol. The van der Waals surface area contributed by atoms with Gasteiger partial charge in [0.2, 0.25) is 0 Å². The number of aldehydes is 1. The molecular weight excluding hydrogens is 282 g/mol. The molecule has 1 atom stereocenters. The molecule has 1 unspecified atom stereocenters. The molecule has 2 aromatic carbocycles. The van der Waals surface area contributed by atoms with Crippen LogP contribution >= 0.6 is 0 Å². The van der Waals surface area contributed by atoms with Gasteiger partial charge >= 0.3 is 0 Å². The van der Waals surface area contributed by atoms with Crippen molar-refractivity contribution in [2.45, 2.75) is 44.8 Å². The molecule has 2 nitrogen and oxygen atoms in total. The molecule has 2 heteroatoms. The Labute approximate surface area is 139 Å². The predicted octanol–water partition coefficient (Wildman–Crippen LogP) is 4.45. The fraction of sp³-hybridized carbons (Fsp3) is 0.381. The minimum Gasteiger partial charge on any atom is -0.302 e. The van der Waals surface area contributed by atoms with Crippen molar-refractivity contribution in [1.82, 2.24) is 4.90 Å². The van der Waals surface area contributed by atoms with Crippen LogP contribution in [0.3, 0.4) is 0 Å². The number of hydrogen-bond acceptors (Lipinski definition) is 2. The zero-order valence-electron chi connectivity index (χ0n) is 13.6. The summed E-state index contributed by atoms with van der Waals surface area (Å²) in [5, 5.41) is 0. The maximum absolute atomic E-state index is 11.8. The number of hydrogen-bond donors (Lipinski definition) is 0. The first kappa shape index (κ1) is 15.9. The second kappa shape index (κ2) is 8.07. The highest BCUT2D eigenvalue weighted by Crippen LogP contribution is 2.32. The topological polar surface area (TPSA) is 20.3 Å². The number of rotatable bonds is 8. The molecule has 2 aromatic rings. The Kier molecular flexibility index (Phi) is 5.60. The highest BCUT2D eigenvalue weighted by molar-refractivity contribution is 5.57. The summed E-state index contributed by atoms with van der Waals surface area (Å²) < 4.78 is 0. The van der Waals surface area contributed by atoms with Gasteiger partial charge in [-0.15, -0.1) is 0 Å². The van der Waals surface area contributed by atoms with Crippen LogP contribution in [0.15, 0.2) is 60.7 Å². The molecular formula is C21H25NO. The average Bonchev–Trinajstić information content (AvgIpc) is 2.55. The van der Waals surface area contributed by atoms with Crippen LogP contribution in [0.4, 0.5) is 0 Å². The molecule has 0 heterocycles. The van der Waals surface area contributed by atoms with Crippen molar-refractivity contribution < 1.29 is 4.79 Å². The molecule has 0 radical (unpaired) electrons. The summed E-state index contributed by atoms with van der Waals surface area (Å²) in [6, 6.07) is 20.9. The van der Waals surface area contributed by atoms with Gasteiger partial charge in [0, 0.05) is 13.1 Å². The van der Waals surface area contributed by atoms with Gasteiger partial charge in [0.1, 0.15) is 6.29 Å². The van der Waals surface area contributed by atoms with E-state index in [4.69, 9.17) is 0 Å². The van der Waals surface area contributed by atoms with E-state index < -0.39 is 0 Å². The quantitative estimate of drug-likeness (QED) is 0.672. The molecule has 0 aromatic heterocycles. The molecule has 0 N–H and O–H groups in total. The molecule has 1 saturated carbocycles. The Morgan fingerprint density at radius 2 is 1.43 bits per heavy atom. The molecule has 1 fully saturated rings. The standard InChI is InChI=1S/C21H25NO/c23-17-21(14-18-12-7-13-18)22(15-19-8-3-1-4-9-19)16-20-10-5-2-6-11-20/h1-6,8-11,17-18,21H,7,12-16H2. The van der Waals surface area contributed by atoms with Gasteiger partial charge in [0.25, 0.3) is 0 Å². The number of nitrogens with zero attached hydrogens (tertiary/aromatic N) is 1. The third-order valence-electron chi connectivity index (χ3n) is 4.88. The van der Waals surface area contributed by atoms with Gasteiger partial charge in [0.15, 0.2) is 0 Å². The van der Waals surface area contributed by atoms with E-state index in [0.717, 1.165) is 31.7 Å². The fourth-order valence-corrected chi connectivity index (χ4v) is 3.29. The zero-order chi connectivity index (χ0) is 15.9. The fourth-order valence-electron chi connectivity index (χ4n) is 3.29. The van der Waals surface area contributed by atoms with E-state index in [1.165, 1.54) is 30.4 Å². The van der Waals surface area contributed by atoms with Gasteiger partial charge < -0.3 is 4.79 Å². The van der Waals surface area contributed by atoms with Crippen LogP contribution in [0, 0.1) is 5.92 Å². The first-order valence-electron chi connectivity index (χ1n) is 8.62. The van der Waals surface area contributed by atoms with Gasteiger partial charge in [-0.1, -0.05) is 79.9 Å². The summed E-state index contributed by atoms with van der Waals surface area (Å²) in [7, 11) is 0. The molecule has 120 valence electrons. The van der Waals surface area contributed by atoms with E-state index in [1.54, 1.807) is 0 Å². The lowest BCUT2D eigenvalue weighted by atomic mass is 9.80. The molecule has 3 rings (SSSR count). The van der Waals surface area contributed by atoms with Gasteiger partial charge in [-0.25, -0.2) is 0 Å². The largest absolute Gasteiger partial charge is 0.302 e. The molecule has 1 aliphatic rings. The maximum atomic E-state index is 11.8. The lowest BCUT2D eigenvalue weighted by molar-refractivity contribution is -0.113. The first-order chi connectivity index (χ1) is 11.3. The van der Waals surface area contributed by atoms with Crippen molar-refractivity contribution in [3.8, 4) is 0 Å². The maximum Gasteiger partial charge on any atom is 0.137 e. The van der Waals surface area contributed by atoms with Crippen molar-refractivity contribution in [1.29, 1.82) is 0 Å². The number of carbonyl (C=O) groups is 1. The highest BCUT2D eigenvalue weighted by Gasteiger charge is 2.26. The summed E-state index contributed by atoms with van der Waals surface area (Å²) in [5.41, 5.74) is 2.53. The van der Waals surface area contributed by atoms with Gasteiger partial charge in [-0.2, -0.15) is 0 Å². The molecule has 23 heavy (non-hydrogen) atoms. The van der Waals surface area contributed by atoms with Crippen LogP contribution in [0.1, 0.15) is 36.8 Å². The van der Waals surface area contributed by atoms with Gasteiger partial charge in [-0.3, -0.25) is 4.90 Å². The van der Waals surface area contributed by atoms with Crippen molar-refractivity contribution in [3.05, 3.63) is 71.8 Å². The van der Waals surface area contributed by atoms with Crippen LogP contribution < -0.4 is 0 Å². The number of carbonyl (C=O) groups excluding carboxylic acids is 1. The van der Waals surface area contributed by atoms with Crippen molar-refractivity contribution in [2.75, 3.05) is 0 Å². The van der Waals surface area contributed by atoms with E-state index in [9.17, 15) is 4.79 Å². The molecule has 0 aliphatic heterocycles.